The number of methoxy groups -OCH3 is 1. The number of fused-ring (bicyclic) bond motifs is 1. The zero-order valence-corrected chi connectivity index (χ0v) is 18.7. The molecule has 0 aliphatic rings. The molecule has 0 spiro atoms. The molecule has 4 aromatic rings. The average Bonchev–Trinajstić information content (AvgIpc) is 3.27. The van der Waals surface area contributed by atoms with E-state index in [9.17, 15) is 4.79 Å². The van der Waals surface area contributed by atoms with Crippen LogP contribution in [0.5, 0.6) is 17.2 Å². The van der Waals surface area contributed by atoms with Crippen LogP contribution < -0.4 is 19.1 Å². The molecule has 2 aromatic carbocycles. The summed E-state index contributed by atoms with van der Waals surface area (Å²) in [6.07, 6.45) is 3.44. The number of amides is 1. The third kappa shape index (κ3) is 4.97. The summed E-state index contributed by atoms with van der Waals surface area (Å²) in [4.78, 5) is 23.7. The summed E-state index contributed by atoms with van der Waals surface area (Å²) in [5, 5.41) is 0.577. The van der Waals surface area contributed by atoms with Crippen molar-refractivity contribution in [2.75, 3.05) is 25.2 Å². The summed E-state index contributed by atoms with van der Waals surface area (Å²) >= 11 is 1.43. The molecule has 0 fully saturated rings. The van der Waals surface area contributed by atoms with E-state index in [4.69, 9.17) is 19.2 Å². The van der Waals surface area contributed by atoms with Crippen molar-refractivity contribution in [3.05, 3.63) is 72.6 Å². The molecule has 0 atom stereocenters. The fourth-order valence-corrected chi connectivity index (χ4v) is 4.15. The zero-order chi connectivity index (χ0) is 22.3. The fraction of sp³-hybridized carbons (Fsp3) is 0.208. The second-order valence-electron chi connectivity index (χ2n) is 6.84. The lowest BCUT2D eigenvalue weighted by molar-refractivity contribution is -0.120. The normalized spacial score (nSPS) is 10.7. The van der Waals surface area contributed by atoms with E-state index in [0.717, 1.165) is 21.5 Å². The van der Waals surface area contributed by atoms with Gasteiger partial charge in [0, 0.05) is 12.4 Å². The zero-order valence-electron chi connectivity index (χ0n) is 17.9. The summed E-state index contributed by atoms with van der Waals surface area (Å²) in [6.45, 7) is 2.73. The van der Waals surface area contributed by atoms with Crippen LogP contribution in [0.25, 0.3) is 10.2 Å². The van der Waals surface area contributed by atoms with Crippen molar-refractivity contribution in [2.24, 2.45) is 0 Å². The number of carbonyl (C=O) groups is 1. The third-order valence-corrected chi connectivity index (χ3v) is 5.73. The molecule has 1 amide bonds. The van der Waals surface area contributed by atoms with Gasteiger partial charge in [0.05, 0.1) is 25.0 Å². The van der Waals surface area contributed by atoms with Crippen molar-refractivity contribution in [2.45, 2.75) is 13.5 Å². The van der Waals surface area contributed by atoms with E-state index in [0.29, 0.717) is 29.8 Å². The van der Waals surface area contributed by atoms with Crippen LogP contribution in [-0.2, 0) is 11.3 Å². The molecule has 8 heteroatoms. The van der Waals surface area contributed by atoms with Gasteiger partial charge in [0.25, 0.3) is 5.91 Å². The quantitative estimate of drug-likeness (QED) is 0.368. The number of carbonyl (C=O) groups excluding carboxylic acids is 1. The number of thiazole rings is 1. The Morgan fingerprint density at radius 1 is 1.03 bits per heavy atom. The van der Waals surface area contributed by atoms with E-state index in [1.807, 2.05) is 49.4 Å². The Balaban J connectivity index is 1.57. The average molecular weight is 450 g/mol. The number of hydrogen-bond donors (Lipinski definition) is 0. The van der Waals surface area contributed by atoms with Gasteiger partial charge in [-0.3, -0.25) is 14.7 Å². The van der Waals surface area contributed by atoms with Gasteiger partial charge in [-0.05, 0) is 55.0 Å². The number of nitrogens with zero attached hydrogens (tertiary/aromatic N) is 3. The Morgan fingerprint density at radius 2 is 1.81 bits per heavy atom. The number of rotatable bonds is 9. The molecule has 32 heavy (non-hydrogen) atoms. The molecule has 0 bridgehead atoms. The lowest BCUT2D eigenvalue weighted by Gasteiger charge is -2.20. The molecular formula is C24H23N3O4S. The van der Waals surface area contributed by atoms with Gasteiger partial charge in [0.1, 0.15) is 22.8 Å². The molecule has 0 saturated carbocycles. The van der Waals surface area contributed by atoms with Gasteiger partial charge in [-0.1, -0.05) is 23.5 Å². The van der Waals surface area contributed by atoms with Crippen LogP contribution in [0.1, 0.15) is 12.5 Å². The Bertz CT molecular complexity index is 1180. The van der Waals surface area contributed by atoms with Gasteiger partial charge in [0.15, 0.2) is 11.7 Å². The molecule has 4 rings (SSSR count). The molecule has 0 aliphatic heterocycles. The smallest absolute Gasteiger partial charge is 0.267 e. The van der Waals surface area contributed by atoms with Crippen molar-refractivity contribution < 1.29 is 19.0 Å². The van der Waals surface area contributed by atoms with Gasteiger partial charge in [0.2, 0.25) is 0 Å². The maximum atomic E-state index is 13.2. The fourth-order valence-electron chi connectivity index (χ4n) is 3.15. The van der Waals surface area contributed by atoms with E-state index in [-0.39, 0.29) is 12.5 Å². The number of anilines is 1. The highest BCUT2D eigenvalue weighted by Crippen LogP contribution is 2.34. The number of hydrogen-bond acceptors (Lipinski definition) is 7. The van der Waals surface area contributed by atoms with Crippen LogP contribution >= 0.6 is 11.3 Å². The van der Waals surface area contributed by atoms with Crippen LogP contribution in [-0.4, -0.2) is 36.2 Å². The van der Waals surface area contributed by atoms with E-state index in [1.165, 1.54) is 11.3 Å². The van der Waals surface area contributed by atoms with E-state index >= 15 is 0 Å². The molecule has 0 saturated heterocycles. The number of benzene rings is 2. The van der Waals surface area contributed by atoms with Gasteiger partial charge < -0.3 is 14.2 Å². The Hall–Kier alpha value is -3.65. The van der Waals surface area contributed by atoms with Crippen molar-refractivity contribution >= 4 is 32.6 Å². The molecule has 2 aromatic heterocycles. The van der Waals surface area contributed by atoms with Crippen molar-refractivity contribution in [1.82, 2.24) is 9.97 Å². The second kappa shape index (κ2) is 10.1. The first-order chi connectivity index (χ1) is 15.7. The lowest BCUT2D eigenvalue weighted by atomic mass is 10.2. The predicted octanol–water partition coefficient (Wildman–Crippen LogP) is 4.71. The van der Waals surface area contributed by atoms with Crippen LogP contribution in [0.4, 0.5) is 5.13 Å². The molecule has 0 radical (unpaired) electrons. The van der Waals surface area contributed by atoms with Gasteiger partial charge >= 0.3 is 0 Å². The minimum atomic E-state index is -0.208. The minimum absolute atomic E-state index is 0.124. The number of aromatic nitrogens is 2. The van der Waals surface area contributed by atoms with Crippen LogP contribution in [0.15, 0.2) is 67.0 Å². The Morgan fingerprint density at radius 3 is 2.50 bits per heavy atom. The van der Waals surface area contributed by atoms with Gasteiger partial charge in [-0.15, -0.1) is 0 Å². The highest BCUT2D eigenvalue weighted by molar-refractivity contribution is 7.22. The predicted molar refractivity (Wildman–Crippen MR) is 125 cm³/mol. The summed E-state index contributed by atoms with van der Waals surface area (Å²) in [7, 11) is 1.61. The van der Waals surface area contributed by atoms with Crippen LogP contribution in [0.3, 0.4) is 0 Å². The molecular weight excluding hydrogens is 426 g/mol. The van der Waals surface area contributed by atoms with Gasteiger partial charge in [-0.25, -0.2) is 4.98 Å². The summed E-state index contributed by atoms with van der Waals surface area (Å²) in [5.74, 6) is 1.81. The third-order valence-electron chi connectivity index (χ3n) is 4.68. The monoisotopic (exact) mass is 449 g/mol. The minimum Gasteiger partial charge on any atom is -0.494 e. The van der Waals surface area contributed by atoms with Crippen molar-refractivity contribution in [1.29, 1.82) is 0 Å². The highest BCUT2D eigenvalue weighted by atomic mass is 32.1. The first kappa shape index (κ1) is 21.6. The molecule has 164 valence electrons. The van der Waals surface area contributed by atoms with E-state index in [1.54, 1.807) is 36.5 Å². The molecule has 0 N–H and O–H groups in total. The van der Waals surface area contributed by atoms with E-state index < -0.39 is 0 Å². The maximum absolute atomic E-state index is 13.2. The molecule has 0 aliphatic carbocycles. The summed E-state index contributed by atoms with van der Waals surface area (Å²) in [6, 6.07) is 16.7. The standard InChI is InChI=1S/C24H23N3O4S/c1-3-30-18-9-11-19(12-10-18)31-16-22(28)27(15-17-6-5-13-25-14-17)24-26-23-20(29-2)7-4-8-21(23)32-24/h4-14H,3,15-16H2,1-2H3. The van der Waals surface area contributed by atoms with Crippen molar-refractivity contribution in [3.8, 4) is 17.2 Å². The highest BCUT2D eigenvalue weighted by Gasteiger charge is 2.22. The number of ether oxygens (including phenoxy) is 3. The molecule has 2 heterocycles. The van der Waals surface area contributed by atoms with E-state index in [2.05, 4.69) is 4.98 Å². The first-order valence-electron chi connectivity index (χ1n) is 10.2. The van der Waals surface area contributed by atoms with Crippen molar-refractivity contribution in [3.63, 3.8) is 0 Å². The summed E-state index contributed by atoms with van der Waals surface area (Å²) < 4.78 is 17.6. The summed E-state index contributed by atoms with van der Waals surface area (Å²) in [5.41, 5.74) is 1.62. The molecule has 0 unspecified atom stereocenters. The molecule has 7 nitrogen and oxygen atoms in total. The SMILES string of the molecule is CCOc1ccc(OCC(=O)N(Cc2cccnc2)c2nc3c(OC)cccc3s2)cc1. The van der Waals surface area contributed by atoms with Gasteiger partial charge in [-0.2, -0.15) is 0 Å². The first-order valence-corrected chi connectivity index (χ1v) is 11.0. The number of para-hydroxylation sites is 1. The van der Waals surface area contributed by atoms with Crippen LogP contribution in [0, 0.1) is 0 Å². The lowest BCUT2D eigenvalue weighted by Crippen LogP contribution is -2.34. The van der Waals surface area contributed by atoms with Crippen LogP contribution in [0.2, 0.25) is 0 Å². The number of pyridine rings is 1. The Kier molecular flexibility index (Phi) is 6.81. The second-order valence-corrected chi connectivity index (χ2v) is 7.85. The maximum Gasteiger partial charge on any atom is 0.267 e. The topological polar surface area (TPSA) is 73.8 Å². The largest absolute Gasteiger partial charge is 0.494 e. The Labute approximate surface area is 190 Å².